The van der Waals surface area contributed by atoms with Crippen molar-refractivity contribution in [2.45, 2.75) is 19.4 Å². The van der Waals surface area contributed by atoms with E-state index in [1.807, 2.05) is 4.90 Å². The van der Waals surface area contributed by atoms with E-state index in [9.17, 15) is 9.59 Å². The molecule has 2 rings (SSSR count). The number of nitrogens with one attached hydrogen (secondary N) is 1. The number of hydrogen-bond acceptors (Lipinski definition) is 4. The summed E-state index contributed by atoms with van der Waals surface area (Å²) in [6.45, 7) is 6.99. The van der Waals surface area contributed by atoms with E-state index in [0.29, 0.717) is 32.1 Å². The van der Waals surface area contributed by atoms with E-state index in [1.165, 1.54) is 0 Å². The third-order valence-electron chi connectivity index (χ3n) is 4.54. The van der Waals surface area contributed by atoms with Crippen molar-refractivity contribution >= 4 is 12.0 Å². The highest BCUT2D eigenvalue weighted by Gasteiger charge is 2.27. The maximum absolute atomic E-state index is 12.1. The van der Waals surface area contributed by atoms with E-state index < -0.39 is 12.0 Å². The van der Waals surface area contributed by atoms with Crippen LogP contribution in [0.3, 0.4) is 0 Å². The SMILES string of the molecule is CC(C(=O)O)N1CCN(C(=O)NCC2CCN(C)C2)CC1. The van der Waals surface area contributed by atoms with Crippen molar-refractivity contribution in [1.29, 1.82) is 0 Å². The summed E-state index contributed by atoms with van der Waals surface area (Å²) in [6.07, 6.45) is 1.14. The smallest absolute Gasteiger partial charge is 0.320 e. The van der Waals surface area contributed by atoms with Crippen LogP contribution in [0.25, 0.3) is 0 Å². The second kappa shape index (κ2) is 7.09. The minimum atomic E-state index is -0.807. The Morgan fingerprint density at radius 3 is 2.43 bits per heavy atom. The number of nitrogens with zero attached hydrogens (tertiary/aromatic N) is 3. The molecule has 0 aromatic heterocycles. The molecule has 2 saturated heterocycles. The van der Waals surface area contributed by atoms with Crippen LogP contribution in [0.1, 0.15) is 13.3 Å². The molecule has 7 nitrogen and oxygen atoms in total. The van der Waals surface area contributed by atoms with Crippen molar-refractivity contribution in [2.75, 3.05) is 52.9 Å². The number of urea groups is 1. The number of hydrogen-bond donors (Lipinski definition) is 2. The Kier molecular flexibility index (Phi) is 5.41. The molecule has 7 heteroatoms. The highest BCUT2D eigenvalue weighted by Crippen LogP contribution is 2.13. The van der Waals surface area contributed by atoms with Gasteiger partial charge in [0.15, 0.2) is 0 Å². The number of amides is 2. The molecule has 0 saturated carbocycles. The van der Waals surface area contributed by atoms with Crippen LogP contribution in [0.5, 0.6) is 0 Å². The third-order valence-corrected chi connectivity index (χ3v) is 4.54. The summed E-state index contributed by atoms with van der Waals surface area (Å²) < 4.78 is 0. The van der Waals surface area contributed by atoms with Crippen molar-refractivity contribution in [3.8, 4) is 0 Å². The summed E-state index contributed by atoms with van der Waals surface area (Å²) in [4.78, 5) is 29.0. The molecule has 120 valence electrons. The number of piperazine rings is 1. The minimum absolute atomic E-state index is 0.0211. The second-order valence-electron chi connectivity index (χ2n) is 6.14. The van der Waals surface area contributed by atoms with Crippen molar-refractivity contribution in [2.24, 2.45) is 5.92 Å². The number of carboxylic acid groups (broad SMARTS) is 1. The summed E-state index contributed by atoms with van der Waals surface area (Å²) >= 11 is 0. The molecule has 0 spiro atoms. The Labute approximate surface area is 125 Å². The van der Waals surface area contributed by atoms with Gasteiger partial charge in [0.2, 0.25) is 0 Å². The summed E-state index contributed by atoms with van der Waals surface area (Å²) in [5.74, 6) is -0.259. The van der Waals surface area contributed by atoms with E-state index in [-0.39, 0.29) is 6.03 Å². The number of carbonyl (C=O) groups is 2. The number of rotatable bonds is 4. The van der Waals surface area contributed by atoms with Crippen LogP contribution < -0.4 is 5.32 Å². The summed E-state index contributed by atoms with van der Waals surface area (Å²) in [7, 11) is 2.10. The Morgan fingerprint density at radius 2 is 1.90 bits per heavy atom. The van der Waals surface area contributed by atoms with Gasteiger partial charge in [-0.2, -0.15) is 0 Å². The van der Waals surface area contributed by atoms with Gasteiger partial charge in [-0.1, -0.05) is 0 Å². The highest BCUT2D eigenvalue weighted by molar-refractivity contribution is 5.75. The van der Waals surface area contributed by atoms with Crippen LogP contribution in [-0.2, 0) is 4.79 Å². The number of carboxylic acids is 1. The van der Waals surface area contributed by atoms with Crippen molar-refractivity contribution in [1.82, 2.24) is 20.0 Å². The van der Waals surface area contributed by atoms with Crippen molar-refractivity contribution in [3.05, 3.63) is 0 Å². The standard InChI is InChI=1S/C14H26N4O3/c1-11(13(19)20)17-5-7-18(8-6-17)14(21)15-9-12-3-4-16(2)10-12/h11-12H,3-10H2,1-2H3,(H,15,21)(H,19,20). The van der Waals surface area contributed by atoms with Gasteiger partial charge in [-0.05, 0) is 32.9 Å². The molecular weight excluding hydrogens is 272 g/mol. The van der Waals surface area contributed by atoms with E-state index in [0.717, 1.165) is 26.1 Å². The predicted molar refractivity (Wildman–Crippen MR) is 79.2 cm³/mol. The molecule has 21 heavy (non-hydrogen) atoms. The lowest BCUT2D eigenvalue weighted by atomic mass is 10.1. The fourth-order valence-electron chi connectivity index (χ4n) is 3.00. The highest BCUT2D eigenvalue weighted by atomic mass is 16.4. The lowest BCUT2D eigenvalue weighted by Crippen LogP contribution is -2.55. The maximum Gasteiger partial charge on any atom is 0.320 e. The summed E-state index contributed by atoms with van der Waals surface area (Å²) in [6, 6.07) is -0.503. The molecule has 2 aliphatic heterocycles. The van der Waals surface area contributed by atoms with Crippen LogP contribution in [0.2, 0.25) is 0 Å². The predicted octanol–water partition coefficient (Wildman–Crippen LogP) is -0.262. The van der Waals surface area contributed by atoms with Crippen LogP contribution in [0.15, 0.2) is 0 Å². The van der Waals surface area contributed by atoms with Gasteiger partial charge in [-0.3, -0.25) is 9.69 Å². The molecule has 0 aromatic rings. The number of likely N-dealkylation sites (tertiary alicyclic amines) is 1. The quantitative estimate of drug-likeness (QED) is 0.748. The zero-order chi connectivity index (χ0) is 15.4. The monoisotopic (exact) mass is 298 g/mol. The average molecular weight is 298 g/mol. The van der Waals surface area contributed by atoms with Crippen LogP contribution in [0, 0.1) is 5.92 Å². The molecule has 2 heterocycles. The molecule has 2 unspecified atom stereocenters. The van der Waals surface area contributed by atoms with E-state index in [4.69, 9.17) is 5.11 Å². The molecule has 0 aromatic carbocycles. The Morgan fingerprint density at radius 1 is 1.24 bits per heavy atom. The lowest BCUT2D eigenvalue weighted by Gasteiger charge is -2.36. The van der Waals surface area contributed by atoms with Crippen LogP contribution in [-0.4, -0.2) is 90.7 Å². The van der Waals surface area contributed by atoms with E-state index >= 15 is 0 Å². The molecule has 2 amide bonds. The maximum atomic E-state index is 12.1. The first-order valence-electron chi connectivity index (χ1n) is 7.65. The van der Waals surface area contributed by atoms with Gasteiger partial charge in [0, 0.05) is 39.3 Å². The zero-order valence-electron chi connectivity index (χ0n) is 12.9. The van der Waals surface area contributed by atoms with E-state index in [1.54, 1.807) is 11.8 Å². The number of aliphatic carboxylic acids is 1. The van der Waals surface area contributed by atoms with Gasteiger partial charge < -0.3 is 20.2 Å². The Bertz CT molecular complexity index is 382. The van der Waals surface area contributed by atoms with Gasteiger partial charge in [0.25, 0.3) is 0 Å². The molecule has 0 aliphatic carbocycles. The molecule has 0 radical (unpaired) electrons. The first kappa shape index (κ1) is 16.0. The fourth-order valence-corrected chi connectivity index (χ4v) is 3.00. The Balaban J connectivity index is 1.69. The molecule has 2 fully saturated rings. The average Bonchev–Trinajstić information content (AvgIpc) is 2.89. The summed E-state index contributed by atoms with van der Waals surface area (Å²) in [5.41, 5.74) is 0. The van der Waals surface area contributed by atoms with Gasteiger partial charge in [0.1, 0.15) is 6.04 Å². The fraction of sp³-hybridized carbons (Fsp3) is 0.857. The normalized spacial score (nSPS) is 25.8. The molecule has 2 aliphatic rings. The second-order valence-corrected chi connectivity index (χ2v) is 6.14. The molecular formula is C14H26N4O3. The summed E-state index contributed by atoms with van der Waals surface area (Å²) in [5, 5.41) is 12.0. The largest absolute Gasteiger partial charge is 0.480 e. The van der Waals surface area contributed by atoms with Gasteiger partial charge in [-0.15, -0.1) is 0 Å². The van der Waals surface area contributed by atoms with Crippen molar-refractivity contribution < 1.29 is 14.7 Å². The minimum Gasteiger partial charge on any atom is -0.480 e. The molecule has 2 N–H and O–H groups in total. The first-order chi connectivity index (χ1) is 9.97. The van der Waals surface area contributed by atoms with Crippen molar-refractivity contribution in [3.63, 3.8) is 0 Å². The van der Waals surface area contributed by atoms with Crippen LogP contribution in [0.4, 0.5) is 4.79 Å². The Hall–Kier alpha value is -1.34. The topological polar surface area (TPSA) is 76.1 Å². The molecule has 0 bridgehead atoms. The first-order valence-corrected chi connectivity index (χ1v) is 7.65. The zero-order valence-corrected chi connectivity index (χ0v) is 12.9. The molecule has 2 atom stereocenters. The third kappa shape index (κ3) is 4.31. The number of carbonyl (C=O) groups excluding carboxylic acids is 1. The van der Waals surface area contributed by atoms with Gasteiger partial charge in [-0.25, -0.2) is 4.79 Å². The van der Waals surface area contributed by atoms with Crippen LogP contribution >= 0.6 is 0 Å². The lowest BCUT2D eigenvalue weighted by molar-refractivity contribution is -0.143. The van der Waals surface area contributed by atoms with Gasteiger partial charge >= 0.3 is 12.0 Å². The van der Waals surface area contributed by atoms with Gasteiger partial charge in [0.05, 0.1) is 0 Å². The van der Waals surface area contributed by atoms with E-state index in [2.05, 4.69) is 17.3 Å².